The number of hydrogen-bond acceptors (Lipinski definition) is 7. The summed E-state index contributed by atoms with van der Waals surface area (Å²) in [4.78, 5) is 34.8. The highest BCUT2D eigenvalue weighted by Gasteiger charge is 2.24. The van der Waals surface area contributed by atoms with Crippen molar-refractivity contribution in [2.75, 3.05) is 23.7 Å². The molecule has 0 unspecified atom stereocenters. The number of Topliss-reactive ketones (excluding diaryl/α,β-unsaturated/α-hetero) is 1. The zero-order chi connectivity index (χ0) is 22.6. The van der Waals surface area contributed by atoms with Crippen molar-refractivity contribution in [3.63, 3.8) is 0 Å². The molecule has 0 bridgehead atoms. The monoisotopic (exact) mass is 444 g/mol. The van der Waals surface area contributed by atoms with Crippen LogP contribution in [0.3, 0.4) is 0 Å². The Morgan fingerprint density at radius 2 is 1.97 bits per heavy atom. The van der Waals surface area contributed by atoms with E-state index in [9.17, 15) is 28.1 Å². The molecule has 0 amide bonds. The van der Waals surface area contributed by atoms with Crippen molar-refractivity contribution < 1.29 is 27.7 Å². The van der Waals surface area contributed by atoms with Crippen LogP contribution in [-0.2, 0) is 26.0 Å². The van der Waals surface area contributed by atoms with Gasteiger partial charge >= 0.3 is 5.97 Å². The third-order valence-electron chi connectivity index (χ3n) is 4.76. The molecule has 0 aromatic heterocycles. The third kappa shape index (κ3) is 5.34. The maximum Gasteiger partial charge on any atom is 0.331 e. The zero-order valence-electron chi connectivity index (χ0n) is 16.7. The summed E-state index contributed by atoms with van der Waals surface area (Å²) in [5.74, 6) is -1.25. The highest BCUT2D eigenvalue weighted by molar-refractivity contribution is 7.92. The fraction of sp³-hybridized carbons (Fsp3) is 0.238. The molecular formula is C21H20N2O7S. The van der Waals surface area contributed by atoms with Crippen LogP contribution < -0.4 is 4.31 Å². The van der Waals surface area contributed by atoms with Crippen LogP contribution in [0.25, 0.3) is 6.08 Å². The number of nitrogens with zero attached hydrogens (tertiary/aromatic N) is 2. The molecular weight excluding hydrogens is 424 g/mol. The van der Waals surface area contributed by atoms with Crippen LogP contribution in [0.1, 0.15) is 27.9 Å². The standard InChI is InChI=1S/C21H20N2O7S/c1-31(28,29)22-12-4-6-16-13-17(8-10-18(16)22)20(24)14-30-21(25)11-9-15-5-2-3-7-19(15)23(26)27/h2-3,5,7-11,13H,4,6,12,14H2,1H3/b11-9+. The Bertz CT molecular complexity index is 1170. The smallest absolute Gasteiger partial charge is 0.331 e. The summed E-state index contributed by atoms with van der Waals surface area (Å²) in [6, 6.07) is 10.6. The highest BCUT2D eigenvalue weighted by atomic mass is 32.2. The molecule has 0 spiro atoms. The number of esters is 1. The summed E-state index contributed by atoms with van der Waals surface area (Å²) >= 11 is 0. The minimum absolute atomic E-state index is 0.153. The van der Waals surface area contributed by atoms with E-state index in [0.29, 0.717) is 30.6 Å². The summed E-state index contributed by atoms with van der Waals surface area (Å²) in [6.07, 6.45) is 4.69. The van der Waals surface area contributed by atoms with Crippen LogP contribution in [-0.4, -0.2) is 44.5 Å². The van der Waals surface area contributed by atoms with E-state index < -0.39 is 33.3 Å². The second kappa shape index (κ2) is 9.09. The van der Waals surface area contributed by atoms with E-state index in [0.717, 1.165) is 17.9 Å². The predicted molar refractivity (Wildman–Crippen MR) is 114 cm³/mol. The number of ether oxygens (including phenoxy) is 1. The van der Waals surface area contributed by atoms with Crippen LogP contribution in [0.2, 0.25) is 0 Å². The number of nitro groups is 1. The number of carbonyl (C=O) groups excluding carboxylic acids is 2. The van der Waals surface area contributed by atoms with E-state index in [-0.39, 0.29) is 11.3 Å². The lowest BCUT2D eigenvalue weighted by atomic mass is 9.99. The molecule has 0 fully saturated rings. The Kier molecular flexibility index (Phi) is 6.50. The van der Waals surface area contributed by atoms with Gasteiger partial charge in [0.05, 0.1) is 22.4 Å². The number of ketones is 1. The summed E-state index contributed by atoms with van der Waals surface area (Å²) in [5.41, 5.74) is 1.69. The van der Waals surface area contributed by atoms with E-state index in [2.05, 4.69) is 0 Å². The molecule has 2 aromatic rings. The lowest BCUT2D eigenvalue weighted by Crippen LogP contribution is -2.34. The fourth-order valence-corrected chi connectivity index (χ4v) is 4.30. The van der Waals surface area contributed by atoms with Gasteiger partial charge in [0, 0.05) is 24.3 Å². The number of sulfonamides is 1. The molecule has 1 aliphatic rings. The largest absolute Gasteiger partial charge is 0.454 e. The Labute approximate surface area is 179 Å². The van der Waals surface area contributed by atoms with Crippen molar-refractivity contribution in [1.29, 1.82) is 0 Å². The van der Waals surface area contributed by atoms with Crippen molar-refractivity contribution >= 4 is 39.2 Å². The molecule has 1 aliphatic heterocycles. The molecule has 0 saturated heterocycles. The van der Waals surface area contributed by atoms with Gasteiger partial charge in [0.15, 0.2) is 12.4 Å². The first-order chi connectivity index (χ1) is 14.7. The van der Waals surface area contributed by atoms with Gasteiger partial charge in [-0.1, -0.05) is 12.1 Å². The number of carbonyl (C=O) groups is 2. The van der Waals surface area contributed by atoms with E-state index in [4.69, 9.17) is 4.74 Å². The van der Waals surface area contributed by atoms with Gasteiger partial charge in [-0.05, 0) is 48.7 Å². The molecule has 3 rings (SSSR count). The maximum atomic E-state index is 12.4. The second-order valence-corrected chi connectivity index (χ2v) is 8.87. The quantitative estimate of drug-likeness (QED) is 0.211. The summed E-state index contributed by atoms with van der Waals surface area (Å²) in [6.45, 7) is -0.114. The molecule has 10 heteroatoms. The van der Waals surface area contributed by atoms with Gasteiger partial charge in [-0.15, -0.1) is 0 Å². The first-order valence-electron chi connectivity index (χ1n) is 9.39. The topological polar surface area (TPSA) is 124 Å². The number of rotatable bonds is 7. The molecule has 0 radical (unpaired) electrons. The van der Waals surface area contributed by atoms with Crippen LogP contribution in [0.4, 0.5) is 11.4 Å². The van der Waals surface area contributed by atoms with E-state index in [1.165, 1.54) is 34.6 Å². The number of para-hydroxylation sites is 1. The average Bonchev–Trinajstić information content (AvgIpc) is 2.74. The molecule has 1 heterocycles. The Hall–Kier alpha value is -3.53. The second-order valence-electron chi connectivity index (χ2n) is 6.96. The van der Waals surface area contributed by atoms with Gasteiger partial charge in [-0.2, -0.15) is 0 Å². The Morgan fingerprint density at radius 3 is 2.68 bits per heavy atom. The van der Waals surface area contributed by atoms with Gasteiger partial charge in [-0.3, -0.25) is 19.2 Å². The third-order valence-corrected chi connectivity index (χ3v) is 5.94. The molecule has 2 aromatic carbocycles. The normalized spacial score (nSPS) is 13.6. The number of nitro benzene ring substituents is 1. The molecule has 0 N–H and O–H groups in total. The van der Waals surface area contributed by atoms with Crippen molar-refractivity contribution in [2.45, 2.75) is 12.8 Å². The average molecular weight is 444 g/mol. The van der Waals surface area contributed by atoms with E-state index >= 15 is 0 Å². The number of hydrogen-bond donors (Lipinski definition) is 0. The Morgan fingerprint density at radius 1 is 1.23 bits per heavy atom. The maximum absolute atomic E-state index is 12.4. The van der Waals surface area contributed by atoms with Crippen molar-refractivity contribution in [1.82, 2.24) is 0 Å². The van der Waals surface area contributed by atoms with Crippen LogP contribution in [0.5, 0.6) is 0 Å². The highest BCUT2D eigenvalue weighted by Crippen LogP contribution is 2.30. The minimum atomic E-state index is -3.40. The van der Waals surface area contributed by atoms with Crippen molar-refractivity contribution in [3.8, 4) is 0 Å². The molecule has 9 nitrogen and oxygen atoms in total. The van der Waals surface area contributed by atoms with E-state index in [1.807, 2.05) is 0 Å². The molecule has 31 heavy (non-hydrogen) atoms. The zero-order valence-corrected chi connectivity index (χ0v) is 17.5. The number of aryl methyl sites for hydroxylation is 1. The first kappa shape index (κ1) is 22.2. The first-order valence-corrected chi connectivity index (χ1v) is 11.2. The molecule has 0 atom stereocenters. The van der Waals surface area contributed by atoms with E-state index in [1.54, 1.807) is 18.2 Å². The summed E-state index contributed by atoms with van der Waals surface area (Å²) < 4.78 is 30.1. The summed E-state index contributed by atoms with van der Waals surface area (Å²) in [7, 11) is -3.40. The SMILES string of the molecule is CS(=O)(=O)N1CCCc2cc(C(=O)COC(=O)/C=C/c3ccccc3[N+](=O)[O-])ccc21. The minimum Gasteiger partial charge on any atom is -0.454 e. The van der Waals surface area contributed by atoms with Gasteiger partial charge in [0.2, 0.25) is 10.0 Å². The fourth-order valence-electron chi connectivity index (χ4n) is 3.30. The predicted octanol–water partition coefficient (Wildman–Crippen LogP) is 2.75. The molecule has 0 saturated carbocycles. The number of benzene rings is 2. The van der Waals surface area contributed by atoms with Gasteiger partial charge in [-0.25, -0.2) is 13.2 Å². The molecule has 162 valence electrons. The molecule has 0 aliphatic carbocycles. The number of anilines is 1. The lowest BCUT2D eigenvalue weighted by molar-refractivity contribution is -0.385. The van der Waals surface area contributed by atoms with Crippen molar-refractivity contribution in [3.05, 3.63) is 75.3 Å². The number of fused-ring (bicyclic) bond motifs is 1. The lowest BCUT2D eigenvalue weighted by Gasteiger charge is -2.29. The van der Waals surface area contributed by atoms with Crippen molar-refractivity contribution in [2.24, 2.45) is 0 Å². The van der Waals surface area contributed by atoms with Crippen LogP contribution in [0.15, 0.2) is 48.5 Å². The van der Waals surface area contributed by atoms with Gasteiger partial charge < -0.3 is 4.74 Å². The van der Waals surface area contributed by atoms with Gasteiger partial charge in [0.1, 0.15) is 0 Å². The summed E-state index contributed by atoms with van der Waals surface area (Å²) in [5, 5.41) is 11.0. The van der Waals surface area contributed by atoms with Gasteiger partial charge in [0.25, 0.3) is 5.69 Å². The van der Waals surface area contributed by atoms with Crippen LogP contribution >= 0.6 is 0 Å². The Balaban J connectivity index is 1.65. The van der Waals surface area contributed by atoms with Crippen LogP contribution in [0, 0.1) is 10.1 Å².